The Bertz CT molecular complexity index is 468. The third-order valence-corrected chi connectivity index (χ3v) is 2.64. The van der Waals surface area contributed by atoms with Crippen molar-refractivity contribution in [3.63, 3.8) is 0 Å². The monoisotopic (exact) mass is 292 g/mol. The molecule has 114 valence electrons. The molecule has 0 N–H and O–H groups in total. The van der Waals surface area contributed by atoms with E-state index in [0.717, 1.165) is 0 Å². The summed E-state index contributed by atoms with van der Waals surface area (Å²) in [5.41, 5.74) is -1.53. The first-order chi connectivity index (χ1) is 10.1. The first-order valence-electron chi connectivity index (χ1n) is 6.29. The molecule has 0 amide bonds. The van der Waals surface area contributed by atoms with Crippen molar-refractivity contribution in [1.29, 1.82) is 0 Å². The highest BCUT2D eigenvalue weighted by atomic mass is 16.5. The van der Waals surface area contributed by atoms with Crippen molar-refractivity contribution in [3.05, 3.63) is 12.7 Å². The van der Waals surface area contributed by atoms with Crippen molar-refractivity contribution in [2.24, 2.45) is 5.41 Å². The van der Waals surface area contributed by atoms with E-state index in [-0.39, 0.29) is 19.4 Å². The number of ether oxygens (including phenoxy) is 3. The SMILES string of the molecule is C=CCOCC#CCC(CC#CC)(C(=O)OC)C(=O)OC. The smallest absolute Gasteiger partial charge is 0.325 e. The van der Waals surface area contributed by atoms with Crippen LogP contribution in [0.4, 0.5) is 0 Å². The van der Waals surface area contributed by atoms with Crippen LogP contribution in [0, 0.1) is 29.1 Å². The third-order valence-electron chi connectivity index (χ3n) is 2.64. The van der Waals surface area contributed by atoms with Gasteiger partial charge in [-0.15, -0.1) is 18.4 Å². The van der Waals surface area contributed by atoms with Crippen LogP contribution in [-0.2, 0) is 23.8 Å². The summed E-state index contributed by atoms with van der Waals surface area (Å²) < 4.78 is 14.5. The predicted molar refractivity (Wildman–Crippen MR) is 77.9 cm³/mol. The minimum absolute atomic E-state index is 0.00889. The maximum Gasteiger partial charge on any atom is 0.325 e. The maximum absolute atomic E-state index is 12.0. The molecule has 0 spiro atoms. The quantitative estimate of drug-likeness (QED) is 0.233. The molecule has 0 aromatic carbocycles. The lowest BCUT2D eigenvalue weighted by Gasteiger charge is -2.23. The number of esters is 2. The standard InChI is InChI=1S/C16H20O5/c1-5-7-10-16(14(17)19-3,15(18)20-4)11-8-9-13-21-12-6-2/h6H,2,10-13H2,1,3-4H3. The van der Waals surface area contributed by atoms with Gasteiger partial charge in [-0.25, -0.2) is 0 Å². The van der Waals surface area contributed by atoms with Crippen LogP contribution in [0.5, 0.6) is 0 Å². The van der Waals surface area contributed by atoms with Crippen LogP contribution >= 0.6 is 0 Å². The first kappa shape index (κ1) is 18.8. The van der Waals surface area contributed by atoms with Crippen LogP contribution in [0.25, 0.3) is 0 Å². The van der Waals surface area contributed by atoms with Crippen molar-refractivity contribution in [2.45, 2.75) is 19.8 Å². The zero-order valence-electron chi connectivity index (χ0n) is 12.7. The Morgan fingerprint density at radius 2 is 1.67 bits per heavy atom. The van der Waals surface area contributed by atoms with E-state index in [0.29, 0.717) is 6.61 Å². The van der Waals surface area contributed by atoms with Crippen LogP contribution in [0.2, 0.25) is 0 Å². The molecule has 0 rings (SSSR count). The van der Waals surface area contributed by atoms with Crippen LogP contribution in [-0.4, -0.2) is 39.4 Å². The Morgan fingerprint density at radius 3 is 2.14 bits per heavy atom. The van der Waals surface area contributed by atoms with E-state index in [1.165, 1.54) is 14.2 Å². The van der Waals surface area contributed by atoms with E-state index in [1.54, 1.807) is 13.0 Å². The van der Waals surface area contributed by atoms with Gasteiger partial charge in [0.05, 0.1) is 20.8 Å². The van der Waals surface area contributed by atoms with Gasteiger partial charge in [-0.05, 0) is 6.92 Å². The normalized spacial score (nSPS) is 9.48. The molecule has 0 aromatic rings. The second kappa shape index (κ2) is 10.5. The van der Waals surface area contributed by atoms with Crippen LogP contribution in [0.15, 0.2) is 12.7 Å². The van der Waals surface area contributed by atoms with Gasteiger partial charge in [0, 0.05) is 12.8 Å². The number of methoxy groups -OCH3 is 2. The topological polar surface area (TPSA) is 61.8 Å². The zero-order chi connectivity index (χ0) is 16.1. The first-order valence-corrected chi connectivity index (χ1v) is 6.29. The molecular formula is C16H20O5. The minimum atomic E-state index is -1.53. The highest BCUT2D eigenvalue weighted by Gasteiger charge is 2.47. The number of hydrogen-bond acceptors (Lipinski definition) is 5. The summed E-state index contributed by atoms with van der Waals surface area (Å²) in [5, 5.41) is 0. The molecule has 0 radical (unpaired) electrons. The van der Waals surface area contributed by atoms with Crippen molar-refractivity contribution in [3.8, 4) is 23.7 Å². The van der Waals surface area contributed by atoms with Crippen LogP contribution < -0.4 is 0 Å². The molecular weight excluding hydrogens is 272 g/mol. The summed E-state index contributed by atoms with van der Waals surface area (Å²) in [7, 11) is 2.42. The summed E-state index contributed by atoms with van der Waals surface area (Å²) >= 11 is 0. The largest absolute Gasteiger partial charge is 0.468 e. The number of rotatable bonds is 7. The molecule has 0 aliphatic carbocycles. The van der Waals surface area contributed by atoms with E-state index in [2.05, 4.69) is 30.3 Å². The van der Waals surface area contributed by atoms with Gasteiger partial charge in [0.1, 0.15) is 6.61 Å². The third kappa shape index (κ3) is 5.72. The van der Waals surface area contributed by atoms with E-state index in [1.807, 2.05) is 0 Å². The lowest BCUT2D eigenvalue weighted by atomic mass is 9.81. The molecule has 0 bridgehead atoms. The highest BCUT2D eigenvalue weighted by molar-refractivity contribution is 6.00. The van der Waals surface area contributed by atoms with Gasteiger partial charge in [0.25, 0.3) is 0 Å². The highest BCUT2D eigenvalue weighted by Crippen LogP contribution is 2.29. The fourth-order valence-corrected chi connectivity index (χ4v) is 1.52. The van der Waals surface area contributed by atoms with Gasteiger partial charge in [0.2, 0.25) is 0 Å². The molecule has 5 heteroatoms. The Balaban J connectivity index is 5.15. The minimum Gasteiger partial charge on any atom is -0.468 e. The zero-order valence-corrected chi connectivity index (χ0v) is 12.7. The van der Waals surface area contributed by atoms with E-state index < -0.39 is 17.4 Å². The molecule has 0 aromatic heterocycles. The van der Waals surface area contributed by atoms with E-state index in [4.69, 9.17) is 14.2 Å². The Morgan fingerprint density at radius 1 is 1.10 bits per heavy atom. The lowest BCUT2D eigenvalue weighted by molar-refractivity contribution is -0.168. The number of carbonyl (C=O) groups is 2. The second-order valence-electron chi connectivity index (χ2n) is 4.00. The van der Waals surface area contributed by atoms with Gasteiger partial charge in [0.15, 0.2) is 5.41 Å². The lowest BCUT2D eigenvalue weighted by Crippen LogP contribution is -2.40. The summed E-state index contributed by atoms with van der Waals surface area (Å²) in [6.07, 6.45) is 1.55. The van der Waals surface area contributed by atoms with Crippen molar-refractivity contribution in [2.75, 3.05) is 27.4 Å². The molecule has 0 aliphatic rings. The number of carbonyl (C=O) groups excluding carboxylic acids is 2. The van der Waals surface area contributed by atoms with Gasteiger partial charge in [-0.2, -0.15) is 0 Å². The van der Waals surface area contributed by atoms with Gasteiger partial charge < -0.3 is 14.2 Å². The fraction of sp³-hybridized carbons (Fsp3) is 0.500. The molecule has 0 atom stereocenters. The van der Waals surface area contributed by atoms with Crippen LogP contribution in [0.1, 0.15) is 19.8 Å². The summed E-state index contributed by atoms with van der Waals surface area (Å²) in [6.45, 7) is 5.70. The van der Waals surface area contributed by atoms with Gasteiger partial charge >= 0.3 is 11.9 Å². The Labute approximate surface area is 125 Å². The molecule has 0 aliphatic heterocycles. The van der Waals surface area contributed by atoms with Gasteiger partial charge in [-0.3, -0.25) is 9.59 Å². The summed E-state index contributed by atoms with van der Waals surface area (Å²) in [6, 6.07) is 0. The van der Waals surface area contributed by atoms with Crippen molar-refractivity contribution < 1.29 is 23.8 Å². The summed E-state index contributed by atoms with van der Waals surface area (Å²) in [5.74, 6) is 9.42. The van der Waals surface area contributed by atoms with E-state index in [9.17, 15) is 9.59 Å². The van der Waals surface area contributed by atoms with Crippen molar-refractivity contribution in [1.82, 2.24) is 0 Å². The van der Waals surface area contributed by atoms with E-state index >= 15 is 0 Å². The molecule has 0 fully saturated rings. The maximum atomic E-state index is 12.0. The van der Waals surface area contributed by atoms with Gasteiger partial charge in [-0.1, -0.05) is 17.9 Å². The molecule has 0 saturated heterocycles. The number of hydrogen-bond donors (Lipinski definition) is 0. The van der Waals surface area contributed by atoms with Crippen LogP contribution in [0.3, 0.4) is 0 Å². The predicted octanol–water partition coefficient (Wildman–Crippen LogP) is 1.33. The molecule has 5 nitrogen and oxygen atoms in total. The Hall–Kier alpha value is -2.24. The molecule has 0 heterocycles. The molecule has 0 unspecified atom stereocenters. The average molecular weight is 292 g/mol. The Kier molecular flexibility index (Phi) is 9.41. The second-order valence-corrected chi connectivity index (χ2v) is 4.00. The molecule has 0 saturated carbocycles. The average Bonchev–Trinajstić information content (AvgIpc) is 2.52. The van der Waals surface area contributed by atoms with Crippen molar-refractivity contribution >= 4 is 11.9 Å². The fourth-order valence-electron chi connectivity index (χ4n) is 1.52. The summed E-state index contributed by atoms with van der Waals surface area (Å²) in [4.78, 5) is 24.0. The molecule has 21 heavy (non-hydrogen) atoms.